The van der Waals surface area contributed by atoms with Crippen LogP contribution in [-0.4, -0.2) is 66.2 Å². The van der Waals surface area contributed by atoms with Gasteiger partial charge in [0, 0.05) is 13.1 Å². The van der Waals surface area contributed by atoms with E-state index in [0.717, 1.165) is 38.5 Å². The highest BCUT2D eigenvalue weighted by molar-refractivity contribution is 5.90. The van der Waals surface area contributed by atoms with Crippen LogP contribution in [0.2, 0.25) is 0 Å². The number of likely N-dealkylation sites (tertiary alicyclic amines) is 2. The Labute approximate surface area is 206 Å². The summed E-state index contributed by atoms with van der Waals surface area (Å²) in [5.74, 6) is -0.421. The summed E-state index contributed by atoms with van der Waals surface area (Å²) in [6, 6.07) is -1.07. The maximum Gasteiger partial charge on any atom is 0.410 e. The van der Waals surface area contributed by atoms with Gasteiger partial charge < -0.3 is 14.4 Å². The second-order valence-corrected chi connectivity index (χ2v) is 9.80. The van der Waals surface area contributed by atoms with Crippen molar-refractivity contribution < 1.29 is 23.9 Å². The summed E-state index contributed by atoms with van der Waals surface area (Å²) in [6.07, 6.45) is 16.7. The van der Waals surface area contributed by atoms with E-state index in [0.29, 0.717) is 32.5 Å². The highest BCUT2D eigenvalue weighted by Crippen LogP contribution is 2.25. The van der Waals surface area contributed by atoms with Crippen LogP contribution in [-0.2, 0) is 19.1 Å². The van der Waals surface area contributed by atoms with E-state index in [9.17, 15) is 14.4 Å². The molecule has 2 amide bonds. The third-order valence-electron chi connectivity index (χ3n) is 7.09. The second kappa shape index (κ2) is 16.8. The Balaban J connectivity index is 1.74. The fraction of sp³-hybridized carbons (Fsp3) is 0.889. The third-order valence-corrected chi connectivity index (χ3v) is 7.09. The summed E-state index contributed by atoms with van der Waals surface area (Å²) >= 11 is 0. The first-order valence-electron chi connectivity index (χ1n) is 14.0. The standard InChI is InChI=1S/C27H48N2O5/c1-3-5-6-7-8-9-10-11-12-17-22-34-26(31)24-19-14-15-20-28(24)25(30)23-18-13-16-21-29(23)27(32)33-4-2/h23-24H,3-22H2,1-2H3. The van der Waals surface area contributed by atoms with Crippen molar-refractivity contribution in [3.8, 4) is 0 Å². The van der Waals surface area contributed by atoms with Gasteiger partial charge in [0.2, 0.25) is 5.91 Å². The van der Waals surface area contributed by atoms with Gasteiger partial charge in [0.1, 0.15) is 12.1 Å². The van der Waals surface area contributed by atoms with Crippen LogP contribution < -0.4 is 0 Å². The lowest BCUT2D eigenvalue weighted by molar-refractivity contribution is -0.159. The van der Waals surface area contributed by atoms with Crippen LogP contribution in [0, 0.1) is 0 Å². The Morgan fingerprint density at radius 2 is 1.24 bits per heavy atom. The Hall–Kier alpha value is -1.79. The van der Waals surface area contributed by atoms with Crippen molar-refractivity contribution in [2.75, 3.05) is 26.3 Å². The van der Waals surface area contributed by atoms with Crippen molar-refractivity contribution in [1.82, 2.24) is 9.80 Å². The van der Waals surface area contributed by atoms with Gasteiger partial charge in [-0.15, -0.1) is 0 Å². The number of esters is 1. The van der Waals surface area contributed by atoms with Crippen LogP contribution in [0.25, 0.3) is 0 Å². The highest BCUT2D eigenvalue weighted by Gasteiger charge is 2.40. The molecule has 2 heterocycles. The van der Waals surface area contributed by atoms with E-state index in [-0.39, 0.29) is 18.5 Å². The molecule has 7 nitrogen and oxygen atoms in total. The largest absolute Gasteiger partial charge is 0.464 e. The minimum atomic E-state index is -0.539. The molecule has 196 valence electrons. The first-order chi connectivity index (χ1) is 16.6. The number of carbonyl (C=O) groups is 3. The zero-order valence-electron chi connectivity index (χ0n) is 21.7. The third kappa shape index (κ3) is 9.46. The fourth-order valence-electron chi connectivity index (χ4n) is 5.10. The van der Waals surface area contributed by atoms with Gasteiger partial charge in [-0.2, -0.15) is 0 Å². The minimum Gasteiger partial charge on any atom is -0.464 e. The van der Waals surface area contributed by atoms with Gasteiger partial charge in [-0.3, -0.25) is 9.69 Å². The van der Waals surface area contributed by atoms with Gasteiger partial charge in [-0.05, 0) is 51.9 Å². The lowest BCUT2D eigenvalue weighted by Crippen LogP contribution is -2.58. The van der Waals surface area contributed by atoms with Crippen LogP contribution in [0.15, 0.2) is 0 Å². The molecule has 7 heteroatoms. The zero-order chi connectivity index (χ0) is 24.6. The zero-order valence-corrected chi connectivity index (χ0v) is 21.7. The van der Waals surface area contributed by atoms with E-state index in [2.05, 4.69) is 6.92 Å². The number of amides is 2. The average molecular weight is 481 g/mol. The maximum atomic E-state index is 13.4. The topological polar surface area (TPSA) is 76.2 Å². The summed E-state index contributed by atoms with van der Waals surface area (Å²) in [7, 11) is 0. The van der Waals surface area contributed by atoms with Gasteiger partial charge in [0.05, 0.1) is 13.2 Å². The summed E-state index contributed by atoms with van der Waals surface area (Å²) in [6.45, 7) is 5.79. The number of ether oxygens (including phenoxy) is 2. The lowest BCUT2D eigenvalue weighted by atomic mass is 9.97. The Morgan fingerprint density at radius 1 is 0.676 bits per heavy atom. The molecular formula is C27H48N2O5. The number of carbonyl (C=O) groups excluding carboxylic acids is 3. The summed E-state index contributed by atoms with van der Waals surface area (Å²) in [5, 5.41) is 0. The Kier molecular flexibility index (Phi) is 14.0. The first kappa shape index (κ1) is 28.4. The second-order valence-electron chi connectivity index (χ2n) is 9.80. The monoisotopic (exact) mass is 480 g/mol. The summed E-state index contributed by atoms with van der Waals surface area (Å²) in [5.41, 5.74) is 0. The highest BCUT2D eigenvalue weighted by atomic mass is 16.6. The van der Waals surface area contributed by atoms with Gasteiger partial charge in [0.15, 0.2) is 0 Å². The first-order valence-corrected chi connectivity index (χ1v) is 14.0. The SMILES string of the molecule is CCCCCCCCCCCCOC(=O)C1CCCCN1C(=O)C1CCCCN1C(=O)OCC. The summed E-state index contributed by atoms with van der Waals surface area (Å²) < 4.78 is 10.8. The molecule has 0 aliphatic carbocycles. The molecule has 0 aromatic rings. The molecule has 0 saturated carbocycles. The van der Waals surface area contributed by atoms with E-state index in [1.54, 1.807) is 16.7 Å². The predicted molar refractivity (Wildman–Crippen MR) is 134 cm³/mol. The van der Waals surface area contributed by atoms with Crippen molar-refractivity contribution in [3.63, 3.8) is 0 Å². The molecule has 2 rings (SSSR count). The quantitative estimate of drug-likeness (QED) is 0.230. The molecule has 2 aliphatic rings. The van der Waals surface area contributed by atoms with Gasteiger partial charge in [-0.25, -0.2) is 9.59 Å². The molecule has 2 unspecified atom stereocenters. The van der Waals surface area contributed by atoms with Crippen molar-refractivity contribution >= 4 is 18.0 Å². The number of piperidine rings is 2. The molecule has 0 radical (unpaired) electrons. The molecular weight excluding hydrogens is 432 g/mol. The fourth-order valence-corrected chi connectivity index (χ4v) is 5.10. The molecule has 0 bridgehead atoms. The molecule has 2 atom stereocenters. The van der Waals surface area contributed by atoms with Crippen LogP contribution in [0.4, 0.5) is 4.79 Å². The van der Waals surface area contributed by atoms with Crippen LogP contribution in [0.1, 0.15) is 117 Å². The minimum absolute atomic E-state index is 0.131. The number of unbranched alkanes of at least 4 members (excludes halogenated alkanes) is 9. The average Bonchev–Trinajstić information content (AvgIpc) is 2.87. The van der Waals surface area contributed by atoms with Crippen molar-refractivity contribution in [2.24, 2.45) is 0 Å². The molecule has 0 spiro atoms. The van der Waals surface area contributed by atoms with E-state index in [1.165, 1.54) is 51.4 Å². The molecule has 0 N–H and O–H groups in total. The van der Waals surface area contributed by atoms with Crippen molar-refractivity contribution in [2.45, 2.75) is 129 Å². The number of hydrogen-bond donors (Lipinski definition) is 0. The van der Waals surface area contributed by atoms with E-state index < -0.39 is 18.2 Å². The lowest BCUT2D eigenvalue weighted by Gasteiger charge is -2.40. The van der Waals surface area contributed by atoms with E-state index in [4.69, 9.17) is 9.47 Å². The maximum absolute atomic E-state index is 13.4. The predicted octanol–water partition coefficient (Wildman–Crippen LogP) is 5.84. The normalized spacial score (nSPS) is 20.8. The Morgan fingerprint density at radius 3 is 1.85 bits per heavy atom. The molecule has 2 fully saturated rings. The molecule has 0 aromatic carbocycles. The number of nitrogens with zero attached hydrogens (tertiary/aromatic N) is 2. The smallest absolute Gasteiger partial charge is 0.410 e. The number of hydrogen-bond acceptors (Lipinski definition) is 5. The van der Waals surface area contributed by atoms with Gasteiger partial charge in [-0.1, -0.05) is 64.7 Å². The molecule has 0 aromatic heterocycles. The molecule has 2 saturated heterocycles. The van der Waals surface area contributed by atoms with E-state index >= 15 is 0 Å². The Bertz CT molecular complexity index is 612. The van der Waals surface area contributed by atoms with Gasteiger partial charge in [0.25, 0.3) is 0 Å². The molecule has 34 heavy (non-hydrogen) atoms. The van der Waals surface area contributed by atoms with Crippen LogP contribution in [0.3, 0.4) is 0 Å². The van der Waals surface area contributed by atoms with Crippen LogP contribution >= 0.6 is 0 Å². The molecule has 2 aliphatic heterocycles. The van der Waals surface area contributed by atoms with Crippen molar-refractivity contribution in [1.29, 1.82) is 0 Å². The number of rotatable bonds is 14. The summed E-state index contributed by atoms with van der Waals surface area (Å²) in [4.78, 5) is 41.9. The van der Waals surface area contributed by atoms with Gasteiger partial charge >= 0.3 is 12.1 Å². The van der Waals surface area contributed by atoms with E-state index in [1.807, 2.05) is 0 Å². The van der Waals surface area contributed by atoms with Crippen LogP contribution in [0.5, 0.6) is 0 Å². The van der Waals surface area contributed by atoms with Crippen molar-refractivity contribution in [3.05, 3.63) is 0 Å².